The molecule has 0 aliphatic carbocycles. The van der Waals surface area contributed by atoms with Crippen molar-refractivity contribution in [2.75, 3.05) is 18.2 Å². The molecule has 4 N–H and O–H groups in total. The third-order valence-corrected chi connectivity index (χ3v) is 6.73. The molecule has 0 fully saturated rings. The third-order valence-electron chi connectivity index (χ3n) is 6.73. The van der Waals surface area contributed by atoms with E-state index in [1.165, 1.54) is 35.9 Å². The van der Waals surface area contributed by atoms with Crippen molar-refractivity contribution < 1.29 is 49.4 Å². The van der Waals surface area contributed by atoms with E-state index in [2.05, 4.69) is 15.3 Å². The molecular weight excluding hydrogens is 620 g/mol. The van der Waals surface area contributed by atoms with Gasteiger partial charge in [-0.25, -0.2) is 23.5 Å². The highest BCUT2D eigenvalue weighted by atomic mass is 19.4. The number of aromatic nitrogens is 3. The van der Waals surface area contributed by atoms with E-state index in [4.69, 9.17) is 10.5 Å². The second kappa shape index (κ2) is 12.6. The number of hydrogen-bond acceptors (Lipinski definition) is 7. The van der Waals surface area contributed by atoms with E-state index >= 15 is 0 Å². The number of fused-ring (bicyclic) bond motifs is 1. The zero-order chi connectivity index (χ0) is 33.3. The summed E-state index contributed by atoms with van der Waals surface area (Å²) < 4.78 is 116. The fourth-order valence-electron chi connectivity index (χ4n) is 4.59. The molecule has 3 heterocycles. The average Bonchev–Trinajstić information content (AvgIpc) is 3.44. The Kier molecular flexibility index (Phi) is 9.20. The molecule has 45 heavy (non-hydrogen) atoms. The maximum atomic E-state index is 14.8. The quantitative estimate of drug-likeness (QED) is 0.162. The van der Waals surface area contributed by atoms with E-state index < -0.39 is 83.3 Å². The van der Waals surface area contributed by atoms with Crippen molar-refractivity contribution >= 4 is 29.0 Å². The summed E-state index contributed by atoms with van der Waals surface area (Å²) in [6.45, 7) is 1.21. The Hall–Kier alpha value is -4.96. The Labute approximate surface area is 249 Å². The van der Waals surface area contributed by atoms with Crippen molar-refractivity contribution in [2.45, 2.75) is 44.2 Å². The Morgan fingerprint density at radius 3 is 2.29 bits per heavy atom. The van der Waals surface area contributed by atoms with E-state index in [9.17, 15) is 44.7 Å². The van der Waals surface area contributed by atoms with Crippen molar-refractivity contribution in [3.05, 3.63) is 77.2 Å². The van der Waals surface area contributed by atoms with Crippen molar-refractivity contribution in [3.8, 4) is 11.3 Å². The molecule has 2 atom stereocenters. The van der Waals surface area contributed by atoms with Crippen molar-refractivity contribution in [2.24, 2.45) is 0 Å². The number of carbonyl (C=O) groups is 2. The van der Waals surface area contributed by atoms with Gasteiger partial charge in [-0.1, -0.05) is 6.92 Å². The number of amides is 1. The van der Waals surface area contributed by atoms with Crippen LogP contribution in [0.2, 0.25) is 0 Å². The molecule has 0 unspecified atom stereocenters. The number of benzene rings is 1. The van der Waals surface area contributed by atoms with Crippen LogP contribution in [0, 0.1) is 11.6 Å². The number of pyridine rings is 2. The molecule has 0 aliphatic heterocycles. The summed E-state index contributed by atoms with van der Waals surface area (Å²) in [7, 11) is 0.980. The third kappa shape index (κ3) is 7.07. The first-order chi connectivity index (χ1) is 21.0. The van der Waals surface area contributed by atoms with E-state index in [0.29, 0.717) is 12.1 Å². The summed E-state index contributed by atoms with van der Waals surface area (Å²) >= 11 is 0. The summed E-state index contributed by atoms with van der Waals surface area (Å²) in [6.07, 6.45) is -7.71. The smallest absolute Gasteiger partial charge is 0.418 e. The van der Waals surface area contributed by atoms with E-state index in [1.807, 2.05) is 5.32 Å². The van der Waals surface area contributed by atoms with Crippen LogP contribution >= 0.6 is 0 Å². The van der Waals surface area contributed by atoms with Gasteiger partial charge in [-0.05, 0) is 42.8 Å². The first-order valence-corrected chi connectivity index (χ1v) is 13.0. The molecule has 9 nitrogen and oxygen atoms in total. The standard InChI is InChI=1S/C28H24F8N6O3/c1-3-20(28(34,35)36)39-13-10-17(29)22(18(30)11-13)25(43)40-19(26(44)45-2)12-14-4-5-15(24-38-8-9-42(14)24)23-16(27(31,32)33)6-7-21(37)41-23/h4-11,19-20,39H,3,12H2,1-2H3,(H2,37,41)(H,40,43)/t19-,20+/m0/s1. The predicted octanol–water partition coefficient (Wildman–Crippen LogP) is 5.54. The number of rotatable bonds is 9. The van der Waals surface area contributed by atoms with Crippen molar-refractivity contribution in [3.63, 3.8) is 0 Å². The molecular formula is C28H24F8N6O3. The van der Waals surface area contributed by atoms with Gasteiger partial charge in [-0.3, -0.25) is 4.79 Å². The van der Waals surface area contributed by atoms with Crippen LogP contribution in [0.25, 0.3) is 16.9 Å². The highest BCUT2D eigenvalue weighted by molar-refractivity contribution is 5.97. The summed E-state index contributed by atoms with van der Waals surface area (Å²) in [4.78, 5) is 33.5. The fourth-order valence-corrected chi connectivity index (χ4v) is 4.59. The van der Waals surface area contributed by atoms with Crippen LogP contribution in [0.1, 0.15) is 35.0 Å². The number of hydrogen-bond donors (Lipinski definition) is 3. The molecule has 0 saturated carbocycles. The fraction of sp³-hybridized carbons (Fsp3) is 0.286. The van der Waals surface area contributed by atoms with Gasteiger partial charge in [0.2, 0.25) is 0 Å². The summed E-state index contributed by atoms with van der Waals surface area (Å²) in [5, 5.41) is 4.11. The monoisotopic (exact) mass is 644 g/mol. The summed E-state index contributed by atoms with van der Waals surface area (Å²) in [6, 6.07) is 1.66. The number of carbonyl (C=O) groups excluding carboxylic acids is 2. The van der Waals surface area contributed by atoms with E-state index in [0.717, 1.165) is 19.2 Å². The topological polar surface area (TPSA) is 124 Å². The minimum atomic E-state index is -4.78. The van der Waals surface area contributed by atoms with Crippen LogP contribution in [-0.4, -0.2) is 51.6 Å². The van der Waals surface area contributed by atoms with Gasteiger partial charge in [0, 0.05) is 35.8 Å². The van der Waals surface area contributed by atoms with E-state index in [-0.39, 0.29) is 22.7 Å². The number of imidazole rings is 1. The maximum Gasteiger partial charge on any atom is 0.418 e. The number of nitrogen functional groups attached to an aromatic ring is 1. The highest BCUT2D eigenvalue weighted by Gasteiger charge is 2.39. The lowest BCUT2D eigenvalue weighted by atomic mass is 10.0. The second-order valence-corrected chi connectivity index (χ2v) is 9.70. The first-order valence-electron chi connectivity index (χ1n) is 13.0. The number of esters is 1. The van der Waals surface area contributed by atoms with E-state index in [1.54, 1.807) is 0 Å². The zero-order valence-electron chi connectivity index (χ0n) is 23.4. The molecule has 1 amide bonds. The lowest BCUT2D eigenvalue weighted by molar-refractivity contribution is -0.143. The molecule has 4 aromatic rings. The lowest BCUT2D eigenvalue weighted by Gasteiger charge is -2.22. The first kappa shape index (κ1) is 32.9. The van der Waals surface area contributed by atoms with Crippen LogP contribution < -0.4 is 16.4 Å². The Balaban J connectivity index is 1.65. The van der Waals surface area contributed by atoms with Gasteiger partial charge in [-0.2, -0.15) is 26.3 Å². The van der Waals surface area contributed by atoms with Crippen molar-refractivity contribution in [1.82, 2.24) is 19.7 Å². The maximum absolute atomic E-state index is 14.8. The number of ether oxygens (including phenoxy) is 1. The van der Waals surface area contributed by atoms with Gasteiger partial charge in [0.05, 0.1) is 18.4 Å². The minimum Gasteiger partial charge on any atom is -0.467 e. The van der Waals surface area contributed by atoms with Crippen LogP contribution in [0.15, 0.2) is 48.8 Å². The number of nitrogens with two attached hydrogens (primary N) is 1. The molecule has 0 spiro atoms. The van der Waals surface area contributed by atoms with Gasteiger partial charge in [0.25, 0.3) is 5.91 Å². The average molecular weight is 645 g/mol. The van der Waals surface area contributed by atoms with Gasteiger partial charge < -0.3 is 25.5 Å². The number of methoxy groups -OCH3 is 1. The predicted molar refractivity (Wildman–Crippen MR) is 145 cm³/mol. The molecule has 1 aromatic carbocycles. The van der Waals surface area contributed by atoms with Crippen LogP contribution in [0.3, 0.4) is 0 Å². The summed E-state index contributed by atoms with van der Waals surface area (Å²) in [5.74, 6) is -5.67. The van der Waals surface area contributed by atoms with Gasteiger partial charge >= 0.3 is 18.3 Å². The largest absolute Gasteiger partial charge is 0.467 e. The van der Waals surface area contributed by atoms with Crippen LogP contribution in [0.5, 0.6) is 0 Å². The molecule has 0 radical (unpaired) electrons. The molecule has 4 rings (SSSR count). The lowest BCUT2D eigenvalue weighted by Crippen LogP contribution is -2.44. The molecule has 0 bridgehead atoms. The second-order valence-electron chi connectivity index (χ2n) is 9.70. The van der Waals surface area contributed by atoms with Crippen LogP contribution in [-0.2, 0) is 22.1 Å². The molecule has 0 aliphatic rings. The SMILES string of the molecule is CC[C@@H](Nc1cc(F)c(C(=O)N[C@@H](Cc2ccc(-c3nc(N)ccc3C(F)(F)F)c3nccn23)C(=O)OC)c(F)c1)C(F)(F)F. The Morgan fingerprint density at radius 2 is 1.71 bits per heavy atom. The molecule has 0 saturated heterocycles. The van der Waals surface area contributed by atoms with Gasteiger partial charge in [0.1, 0.15) is 40.7 Å². The van der Waals surface area contributed by atoms with Crippen LogP contribution in [0.4, 0.5) is 46.6 Å². The number of nitrogens with one attached hydrogen (secondary N) is 2. The summed E-state index contributed by atoms with van der Waals surface area (Å²) in [5.41, 5.74) is 2.44. The zero-order valence-corrected chi connectivity index (χ0v) is 23.4. The van der Waals surface area contributed by atoms with Gasteiger partial charge in [-0.15, -0.1) is 0 Å². The minimum absolute atomic E-state index is 0.0181. The van der Waals surface area contributed by atoms with Crippen molar-refractivity contribution in [1.29, 1.82) is 0 Å². The number of anilines is 2. The number of halogens is 8. The molecule has 3 aromatic heterocycles. The molecule has 240 valence electrons. The highest BCUT2D eigenvalue weighted by Crippen LogP contribution is 2.38. The number of nitrogens with zero attached hydrogens (tertiary/aromatic N) is 3. The Bertz CT molecular complexity index is 1710. The normalized spacial score (nSPS) is 13.4. The Morgan fingerprint density at radius 1 is 1.04 bits per heavy atom. The van der Waals surface area contributed by atoms with Gasteiger partial charge in [0.15, 0.2) is 0 Å². The molecule has 17 heteroatoms. The number of alkyl halides is 6.